The summed E-state index contributed by atoms with van der Waals surface area (Å²) < 4.78 is 34.3. The molecule has 7 heteroatoms. The SMILES string of the molecule is CC(C)[C@@H](O)[C@@H](N)c1ccc2c(c1)OC(F)(F)O2.Cl. The summed E-state index contributed by atoms with van der Waals surface area (Å²) in [5.74, 6) is -0.134. The summed E-state index contributed by atoms with van der Waals surface area (Å²) in [7, 11) is 0. The molecule has 0 saturated carbocycles. The van der Waals surface area contributed by atoms with E-state index in [-0.39, 0.29) is 29.8 Å². The molecule has 19 heavy (non-hydrogen) atoms. The van der Waals surface area contributed by atoms with Gasteiger partial charge >= 0.3 is 6.29 Å². The Bertz CT molecular complexity index is 457. The molecular formula is C12H16ClF2NO3. The van der Waals surface area contributed by atoms with Crippen LogP contribution in [-0.4, -0.2) is 17.5 Å². The van der Waals surface area contributed by atoms with Crippen LogP contribution in [0.5, 0.6) is 11.5 Å². The number of fused-ring (bicyclic) bond motifs is 1. The topological polar surface area (TPSA) is 64.7 Å². The van der Waals surface area contributed by atoms with E-state index in [0.717, 1.165) is 0 Å². The van der Waals surface area contributed by atoms with E-state index in [1.54, 1.807) is 6.07 Å². The van der Waals surface area contributed by atoms with E-state index in [9.17, 15) is 13.9 Å². The Morgan fingerprint density at radius 3 is 2.37 bits per heavy atom. The van der Waals surface area contributed by atoms with Crippen LogP contribution in [0, 0.1) is 5.92 Å². The Kier molecular flexibility index (Phi) is 4.60. The number of halogens is 3. The van der Waals surface area contributed by atoms with Crippen LogP contribution in [0.4, 0.5) is 8.78 Å². The number of alkyl halides is 2. The molecule has 4 nitrogen and oxygen atoms in total. The predicted octanol–water partition coefficient (Wildman–Crippen LogP) is 2.45. The van der Waals surface area contributed by atoms with Crippen LogP contribution >= 0.6 is 12.4 Å². The van der Waals surface area contributed by atoms with Gasteiger partial charge in [0, 0.05) is 0 Å². The van der Waals surface area contributed by atoms with E-state index in [1.807, 2.05) is 13.8 Å². The molecule has 0 fully saturated rings. The average Bonchev–Trinajstić information content (AvgIpc) is 2.59. The lowest BCUT2D eigenvalue weighted by molar-refractivity contribution is -0.286. The minimum atomic E-state index is -3.64. The van der Waals surface area contributed by atoms with Crippen LogP contribution in [0.3, 0.4) is 0 Å². The molecule has 1 heterocycles. The highest BCUT2D eigenvalue weighted by Gasteiger charge is 2.43. The van der Waals surface area contributed by atoms with Gasteiger partial charge in [0.25, 0.3) is 0 Å². The largest absolute Gasteiger partial charge is 0.586 e. The van der Waals surface area contributed by atoms with Crippen LogP contribution in [0.2, 0.25) is 0 Å². The van der Waals surface area contributed by atoms with Crippen molar-refractivity contribution < 1.29 is 23.4 Å². The van der Waals surface area contributed by atoms with E-state index in [2.05, 4.69) is 9.47 Å². The van der Waals surface area contributed by atoms with E-state index in [1.165, 1.54) is 12.1 Å². The van der Waals surface area contributed by atoms with Crippen LogP contribution in [0.15, 0.2) is 18.2 Å². The van der Waals surface area contributed by atoms with Crippen molar-refractivity contribution in [3.63, 3.8) is 0 Å². The van der Waals surface area contributed by atoms with E-state index in [0.29, 0.717) is 5.56 Å². The number of nitrogens with two attached hydrogens (primary N) is 1. The van der Waals surface area contributed by atoms with Crippen LogP contribution in [0.1, 0.15) is 25.5 Å². The Labute approximate surface area is 115 Å². The normalized spacial score (nSPS) is 18.9. The second-order valence-electron chi connectivity index (χ2n) is 4.63. The lowest BCUT2D eigenvalue weighted by atomic mass is 9.94. The predicted molar refractivity (Wildman–Crippen MR) is 67.7 cm³/mol. The number of ether oxygens (including phenoxy) is 2. The number of aliphatic hydroxyl groups is 1. The van der Waals surface area contributed by atoms with Crippen molar-refractivity contribution in [2.75, 3.05) is 0 Å². The molecule has 108 valence electrons. The van der Waals surface area contributed by atoms with Gasteiger partial charge in [-0.25, -0.2) is 0 Å². The number of hydrogen-bond donors (Lipinski definition) is 2. The molecule has 0 bridgehead atoms. The fourth-order valence-corrected chi connectivity index (χ4v) is 1.78. The molecule has 1 aromatic rings. The third kappa shape index (κ3) is 3.26. The van der Waals surface area contributed by atoms with Gasteiger partial charge in [0.15, 0.2) is 11.5 Å². The summed E-state index contributed by atoms with van der Waals surface area (Å²) in [6.07, 6.45) is -4.40. The van der Waals surface area contributed by atoms with Gasteiger partial charge in [-0.15, -0.1) is 21.2 Å². The Balaban J connectivity index is 0.00000180. The number of benzene rings is 1. The molecule has 3 N–H and O–H groups in total. The number of rotatable bonds is 3. The van der Waals surface area contributed by atoms with Crippen molar-refractivity contribution >= 4 is 12.4 Å². The van der Waals surface area contributed by atoms with Crippen molar-refractivity contribution in [2.24, 2.45) is 11.7 Å². The van der Waals surface area contributed by atoms with Gasteiger partial charge in [-0.2, -0.15) is 0 Å². The van der Waals surface area contributed by atoms with Crippen molar-refractivity contribution in [3.8, 4) is 11.5 Å². The molecule has 0 amide bonds. The van der Waals surface area contributed by atoms with Gasteiger partial charge < -0.3 is 20.3 Å². The fraction of sp³-hybridized carbons (Fsp3) is 0.500. The Morgan fingerprint density at radius 2 is 1.79 bits per heavy atom. The highest BCUT2D eigenvalue weighted by molar-refractivity contribution is 5.85. The van der Waals surface area contributed by atoms with Gasteiger partial charge in [-0.3, -0.25) is 0 Å². The molecule has 1 aliphatic rings. The molecule has 0 aromatic heterocycles. The first-order valence-electron chi connectivity index (χ1n) is 5.63. The molecule has 0 aliphatic carbocycles. The van der Waals surface area contributed by atoms with Gasteiger partial charge in [-0.1, -0.05) is 19.9 Å². The monoisotopic (exact) mass is 295 g/mol. The molecule has 0 radical (unpaired) electrons. The Hall–Kier alpha value is -1.11. The van der Waals surface area contributed by atoms with Gasteiger partial charge in [-0.05, 0) is 23.6 Å². The zero-order valence-electron chi connectivity index (χ0n) is 10.5. The van der Waals surface area contributed by atoms with Crippen molar-refractivity contribution in [1.82, 2.24) is 0 Å². The summed E-state index contributed by atoms with van der Waals surface area (Å²) in [6.45, 7) is 3.65. The maximum absolute atomic E-state index is 12.8. The maximum atomic E-state index is 12.8. The lowest BCUT2D eigenvalue weighted by Gasteiger charge is -2.22. The second kappa shape index (κ2) is 5.48. The molecule has 2 atom stereocenters. The summed E-state index contributed by atoms with van der Waals surface area (Å²) in [6, 6.07) is 3.61. The molecular weight excluding hydrogens is 280 g/mol. The van der Waals surface area contributed by atoms with Crippen molar-refractivity contribution in [3.05, 3.63) is 23.8 Å². The third-order valence-electron chi connectivity index (χ3n) is 2.86. The summed E-state index contributed by atoms with van der Waals surface area (Å²) in [4.78, 5) is 0. The van der Waals surface area contributed by atoms with Crippen LogP contribution in [0.25, 0.3) is 0 Å². The first-order valence-corrected chi connectivity index (χ1v) is 5.63. The zero-order chi connectivity index (χ0) is 13.5. The molecule has 1 aromatic carbocycles. The molecule has 0 spiro atoms. The van der Waals surface area contributed by atoms with Crippen molar-refractivity contribution in [2.45, 2.75) is 32.3 Å². The Morgan fingerprint density at radius 1 is 1.21 bits per heavy atom. The smallest absolute Gasteiger partial charge is 0.395 e. The molecule has 1 aliphatic heterocycles. The summed E-state index contributed by atoms with van der Waals surface area (Å²) in [5, 5.41) is 9.85. The van der Waals surface area contributed by atoms with Crippen molar-refractivity contribution in [1.29, 1.82) is 0 Å². The summed E-state index contributed by atoms with van der Waals surface area (Å²) in [5.41, 5.74) is 6.39. The highest BCUT2D eigenvalue weighted by atomic mass is 35.5. The maximum Gasteiger partial charge on any atom is 0.586 e. The second-order valence-corrected chi connectivity index (χ2v) is 4.63. The first-order chi connectivity index (χ1) is 8.30. The minimum absolute atomic E-state index is 0. The van der Waals surface area contributed by atoms with Gasteiger partial charge in [0.2, 0.25) is 0 Å². The standard InChI is InChI=1S/C12H15F2NO3.ClH/c1-6(2)11(16)10(15)7-3-4-8-9(5-7)18-12(13,14)17-8;/h3-6,10-11,16H,15H2,1-2H3;1H/t10-,11+;/m0./s1. The van der Waals surface area contributed by atoms with Gasteiger partial charge in [0.05, 0.1) is 12.1 Å². The van der Waals surface area contributed by atoms with Gasteiger partial charge in [0.1, 0.15) is 0 Å². The number of hydrogen-bond acceptors (Lipinski definition) is 4. The van der Waals surface area contributed by atoms with Crippen LogP contribution < -0.4 is 15.2 Å². The highest BCUT2D eigenvalue weighted by Crippen LogP contribution is 2.42. The minimum Gasteiger partial charge on any atom is -0.395 e. The number of aliphatic hydroxyl groups excluding tert-OH is 1. The van der Waals surface area contributed by atoms with E-state index in [4.69, 9.17) is 5.73 Å². The zero-order valence-corrected chi connectivity index (χ0v) is 11.3. The molecule has 0 saturated heterocycles. The van der Waals surface area contributed by atoms with Crippen LogP contribution in [-0.2, 0) is 0 Å². The van der Waals surface area contributed by atoms with E-state index >= 15 is 0 Å². The average molecular weight is 296 g/mol. The lowest BCUT2D eigenvalue weighted by Crippen LogP contribution is -2.30. The fourth-order valence-electron chi connectivity index (χ4n) is 1.78. The molecule has 0 unspecified atom stereocenters. The third-order valence-corrected chi connectivity index (χ3v) is 2.86. The first kappa shape index (κ1) is 15.9. The van der Waals surface area contributed by atoms with E-state index < -0.39 is 18.4 Å². The summed E-state index contributed by atoms with van der Waals surface area (Å²) >= 11 is 0. The quantitative estimate of drug-likeness (QED) is 0.899. The molecule has 2 rings (SSSR count).